The van der Waals surface area contributed by atoms with Gasteiger partial charge in [0, 0.05) is 13.1 Å². The molecule has 0 bridgehead atoms. The van der Waals surface area contributed by atoms with Gasteiger partial charge in [0.05, 0.1) is 19.8 Å². The second-order valence-corrected chi connectivity index (χ2v) is 2.62. The fourth-order valence-electron chi connectivity index (χ4n) is 1.03. The Kier molecular flexibility index (Phi) is 3.19. The Hall–Kier alpha value is -0.940. The summed E-state index contributed by atoms with van der Waals surface area (Å²) in [6.07, 6.45) is 0. The van der Waals surface area contributed by atoms with Gasteiger partial charge in [-0.2, -0.15) is 0 Å². The highest BCUT2D eigenvalue weighted by atomic mass is 16.5. The lowest BCUT2D eigenvalue weighted by Crippen LogP contribution is -2.41. The summed E-state index contributed by atoms with van der Waals surface area (Å²) in [6, 6.07) is 0. The summed E-state index contributed by atoms with van der Waals surface area (Å²) in [5.41, 5.74) is 0. The maximum absolute atomic E-state index is 10.7. The maximum atomic E-state index is 10.7. The Balaban J connectivity index is 2.29. The number of morpholine rings is 1. The summed E-state index contributed by atoms with van der Waals surface area (Å²) in [6.45, 7) is 2.43. The molecule has 5 nitrogen and oxygen atoms in total. The number of ketones is 1. The largest absolute Gasteiger partial charge is 0.475 e. The number of aliphatic carboxylic acids is 1. The third-order valence-corrected chi connectivity index (χ3v) is 1.71. The van der Waals surface area contributed by atoms with Gasteiger partial charge in [-0.1, -0.05) is 0 Å². The number of hydrogen-bond donors (Lipinski definition) is 1. The molecule has 1 aliphatic heterocycles. The first kappa shape index (κ1) is 9.15. The van der Waals surface area contributed by atoms with Crippen LogP contribution in [0.4, 0.5) is 0 Å². The molecule has 1 N–H and O–H groups in total. The first-order valence-corrected chi connectivity index (χ1v) is 3.76. The van der Waals surface area contributed by atoms with Crippen molar-refractivity contribution in [3.05, 3.63) is 0 Å². The van der Waals surface area contributed by atoms with E-state index in [1.54, 1.807) is 4.90 Å². The first-order chi connectivity index (χ1) is 5.70. The number of nitrogens with zero attached hydrogens (tertiary/aromatic N) is 1. The number of ether oxygens (including phenoxy) is 1. The normalized spacial score (nSPS) is 19.0. The standard InChI is InChI=1S/C7H11NO4/c9-6(7(10)11)5-8-1-3-12-4-2-8/h1-5H2,(H,10,11). The van der Waals surface area contributed by atoms with E-state index in [4.69, 9.17) is 9.84 Å². The van der Waals surface area contributed by atoms with E-state index in [2.05, 4.69) is 0 Å². The molecule has 0 aromatic rings. The molecule has 0 atom stereocenters. The van der Waals surface area contributed by atoms with Crippen LogP contribution in [-0.2, 0) is 14.3 Å². The zero-order valence-electron chi connectivity index (χ0n) is 6.65. The van der Waals surface area contributed by atoms with Crippen molar-refractivity contribution in [1.29, 1.82) is 0 Å². The van der Waals surface area contributed by atoms with E-state index in [9.17, 15) is 9.59 Å². The fraction of sp³-hybridized carbons (Fsp3) is 0.714. The van der Waals surface area contributed by atoms with Gasteiger partial charge in [-0.25, -0.2) is 4.79 Å². The van der Waals surface area contributed by atoms with Crippen LogP contribution in [0.25, 0.3) is 0 Å². The van der Waals surface area contributed by atoms with Crippen LogP contribution in [0.2, 0.25) is 0 Å². The lowest BCUT2D eigenvalue weighted by molar-refractivity contribution is -0.150. The number of carbonyl (C=O) groups excluding carboxylic acids is 1. The average molecular weight is 173 g/mol. The van der Waals surface area contributed by atoms with E-state index in [0.29, 0.717) is 26.3 Å². The molecule has 1 fully saturated rings. The minimum Gasteiger partial charge on any atom is -0.475 e. The van der Waals surface area contributed by atoms with Crippen molar-refractivity contribution in [3.63, 3.8) is 0 Å². The van der Waals surface area contributed by atoms with Crippen molar-refractivity contribution in [1.82, 2.24) is 4.90 Å². The van der Waals surface area contributed by atoms with Crippen LogP contribution in [0.15, 0.2) is 0 Å². The van der Waals surface area contributed by atoms with E-state index in [-0.39, 0.29) is 6.54 Å². The van der Waals surface area contributed by atoms with Crippen LogP contribution in [0.3, 0.4) is 0 Å². The van der Waals surface area contributed by atoms with Crippen LogP contribution in [0.5, 0.6) is 0 Å². The summed E-state index contributed by atoms with van der Waals surface area (Å²) in [7, 11) is 0. The van der Waals surface area contributed by atoms with Crippen molar-refractivity contribution < 1.29 is 19.4 Å². The van der Waals surface area contributed by atoms with Crippen LogP contribution in [0, 0.1) is 0 Å². The van der Waals surface area contributed by atoms with Crippen LogP contribution >= 0.6 is 0 Å². The second kappa shape index (κ2) is 4.18. The minimum absolute atomic E-state index is 0.00130. The molecule has 0 aromatic heterocycles. The number of rotatable bonds is 3. The summed E-state index contributed by atoms with van der Waals surface area (Å²) >= 11 is 0. The predicted molar refractivity (Wildman–Crippen MR) is 39.9 cm³/mol. The minimum atomic E-state index is -1.36. The van der Waals surface area contributed by atoms with Crippen molar-refractivity contribution in [2.24, 2.45) is 0 Å². The molecule has 0 unspecified atom stereocenters. The molecule has 68 valence electrons. The molecule has 1 aliphatic rings. The summed E-state index contributed by atoms with van der Waals surface area (Å²) in [5.74, 6) is -2.11. The van der Waals surface area contributed by atoms with Crippen molar-refractivity contribution in [2.75, 3.05) is 32.8 Å². The van der Waals surface area contributed by atoms with Gasteiger partial charge < -0.3 is 9.84 Å². The third kappa shape index (κ3) is 2.60. The highest BCUT2D eigenvalue weighted by molar-refractivity contribution is 6.33. The van der Waals surface area contributed by atoms with Crippen molar-refractivity contribution in [3.8, 4) is 0 Å². The van der Waals surface area contributed by atoms with Crippen molar-refractivity contribution in [2.45, 2.75) is 0 Å². The van der Waals surface area contributed by atoms with Gasteiger partial charge in [0.1, 0.15) is 0 Å². The summed E-state index contributed by atoms with van der Waals surface area (Å²) in [4.78, 5) is 22.7. The lowest BCUT2D eigenvalue weighted by atomic mass is 10.3. The highest BCUT2D eigenvalue weighted by Crippen LogP contribution is 1.95. The molecule has 0 amide bonds. The maximum Gasteiger partial charge on any atom is 0.373 e. The SMILES string of the molecule is O=C(O)C(=O)CN1CCOCC1. The van der Waals surface area contributed by atoms with Gasteiger partial charge in [-0.15, -0.1) is 0 Å². The Bertz CT molecular complexity index is 186. The lowest BCUT2D eigenvalue weighted by Gasteiger charge is -2.24. The molecule has 5 heteroatoms. The van der Waals surface area contributed by atoms with Crippen molar-refractivity contribution >= 4 is 11.8 Å². The smallest absolute Gasteiger partial charge is 0.373 e. The molecular formula is C7H11NO4. The van der Waals surface area contributed by atoms with E-state index in [1.807, 2.05) is 0 Å². The Morgan fingerprint density at radius 1 is 1.33 bits per heavy atom. The van der Waals surface area contributed by atoms with Gasteiger partial charge in [0.2, 0.25) is 0 Å². The van der Waals surface area contributed by atoms with Gasteiger partial charge >= 0.3 is 5.97 Å². The molecule has 1 rings (SSSR count). The van der Waals surface area contributed by atoms with E-state index >= 15 is 0 Å². The molecule has 0 saturated carbocycles. The molecule has 12 heavy (non-hydrogen) atoms. The highest BCUT2D eigenvalue weighted by Gasteiger charge is 2.18. The zero-order valence-corrected chi connectivity index (χ0v) is 6.65. The number of hydrogen-bond acceptors (Lipinski definition) is 4. The molecular weight excluding hydrogens is 162 g/mol. The van der Waals surface area contributed by atoms with E-state index in [0.717, 1.165) is 0 Å². The second-order valence-electron chi connectivity index (χ2n) is 2.62. The fourth-order valence-corrected chi connectivity index (χ4v) is 1.03. The monoisotopic (exact) mass is 173 g/mol. The van der Waals surface area contributed by atoms with E-state index < -0.39 is 11.8 Å². The molecule has 1 heterocycles. The summed E-state index contributed by atoms with van der Waals surface area (Å²) < 4.78 is 5.04. The third-order valence-electron chi connectivity index (χ3n) is 1.71. The van der Waals surface area contributed by atoms with Crippen LogP contribution in [-0.4, -0.2) is 54.6 Å². The molecule has 0 aliphatic carbocycles. The molecule has 0 spiro atoms. The molecule has 1 saturated heterocycles. The van der Waals surface area contributed by atoms with Gasteiger partial charge in [-0.05, 0) is 0 Å². The van der Waals surface area contributed by atoms with Gasteiger partial charge in [0.25, 0.3) is 5.78 Å². The number of carbonyl (C=O) groups is 2. The average Bonchev–Trinajstić information content (AvgIpc) is 2.06. The Morgan fingerprint density at radius 3 is 2.42 bits per heavy atom. The summed E-state index contributed by atoms with van der Waals surface area (Å²) in [5, 5.41) is 8.31. The number of carboxylic acids is 1. The number of Topliss-reactive ketones (excluding diaryl/α,β-unsaturated/α-hetero) is 1. The Morgan fingerprint density at radius 2 is 1.92 bits per heavy atom. The predicted octanol–water partition coefficient (Wildman–Crippen LogP) is -1.03. The zero-order chi connectivity index (χ0) is 8.97. The topological polar surface area (TPSA) is 66.8 Å². The van der Waals surface area contributed by atoms with E-state index in [1.165, 1.54) is 0 Å². The molecule has 0 radical (unpaired) electrons. The Labute approximate surface area is 69.9 Å². The van der Waals surface area contributed by atoms with Crippen LogP contribution < -0.4 is 0 Å². The van der Waals surface area contributed by atoms with Crippen LogP contribution in [0.1, 0.15) is 0 Å². The quantitative estimate of drug-likeness (QED) is 0.553. The first-order valence-electron chi connectivity index (χ1n) is 3.76. The van der Waals surface area contributed by atoms with Gasteiger partial charge in [-0.3, -0.25) is 9.69 Å². The molecule has 0 aromatic carbocycles. The van der Waals surface area contributed by atoms with Gasteiger partial charge in [0.15, 0.2) is 0 Å². The number of carboxylic acid groups (broad SMARTS) is 1.